The Morgan fingerprint density at radius 1 is 1.06 bits per heavy atom. The predicted molar refractivity (Wildman–Crippen MR) is 83.5 cm³/mol. The zero-order chi connectivity index (χ0) is 12.3. The van der Waals surface area contributed by atoms with Crippen molar-refractivity contribution < 1.29 is 0 Å². The van der Waals surface area contributed by atoms with E-state index in [1.165, 1.54) is 13.1 Å². The normalized spacial score (nSPS) is 19.1. The van der Waals surface area contributed by atoms with E-state index in [-0.39, 0.29) is 7.57 Å². The number of allylic oxidation sites excluding steroid dienone is 8. The van der Waals surface area contributed by atoms with Gasteiger partial charge in [-0.2, -0.15) is 0 Å². The second kappa shape index (κ2) is 5.37. The first-order valence-electron chi connectivity index (χ1n) is 6.15. The highest BCUT2D eigenvalue weighted by Gasteiger charge is 2.38. The first-order chi connectivity index (χ1) is 8.23. The van der Waals surface area contributed by atoms with Crippen molar-refractivity contribution in [2.45, 2.75) is 26.7 Å². The van der Waals surface area contributed by atoms with Gasteiger partial charge in [-0.15, -0.1) is 0 Å². The summed E-state index contributed by atoms with van der Waals surface area (Å²) in [4.78, 5) is 0. The molecular formula is C14H23BNP. The molecule has 0 spiro atoms. The van der Waals surface area contributed by atoms with Crippen molar-refractivity contribution in [1.82, 2.24) is 4.67 Å². The molecule has 0 unspecified atom stereocenters. The summed E-state index contributed by atoms with van der Waals surface area (Å²) in [6.45, 7) is 7.03. The number of nitrogens with zero attached hydrogens (tertiary/aromatic N) is 1. The zero-order valence-corrected chi connectivity index (χ0v) is 11.1. The van der Waals surface area contributed by atoms with Crippen LogP contribution in [0.25, 0.3) is 0 Å². The van der Waals surface area contributed by atoms with Crippen LogP contribution in [0.2, 0.25) is 0 Å². The lowest BCUT2D eigenvalue weighted by atomic mass is 10.5. The minimum Gasteiger partial charge on any atom is -0.215 e. The summed E-state index contributed by atoms with van der Waals surface area (Å²) < 4.78 is 2.77. The first kappa shape index (κ1) is 12.9. The average molecular weight is 247 g/mol. The van der Waals surface area contributed by atoms with Crippen LogP contribution in [0.1, 0.15) is 26.7 Å². The molecule has 0 aromatic rings. The van der Waals surface area contributed by atoms with Crippen molar-refractivity contribution in [1.29, 1.82) is 0 Å². The first-order valence-corrected chi connectivity index (χ1v) is 7.44. The van der Waals surface area contributed by atoms with E-state index in [4.69, 9.17) is 0 Å². The van der Waals surface area contributed by atoms with Gasteiger partial charge in [0.2, 0.25) is 0 Å². The lowest BCUT2D eigenvalue weighted by Crippen LogP contribution is -2.25. The topological polar surface area (TPSA) is 3.24 Å². The number of hydrogen-bond donors (Lipinski definition) is 0. The highest BCUT2D eigenvalue weighted by molar-refractivity contribution is 8.02. The molecular weight excluding hydrogens is 224 g/mol. The van der Waals surface area contributed by atoms with Crippen molar-refractivity contribution in [2.24, 2.45) is 0 Å². The molecule has 0 fully saturated rings. The molecule has 2 rings (SSSR count). The van der Waals surface area contributed by atoms with Crippen LogP contribution in [0.3, 0.4) is 0 Å². The fourth-order valence-corrected chi connectivity index (χ4v) is 4.75. The molecule has 0 heterocycles. The SMILES string of the molecule is [BH3-][P+](C1=CCC=C1)(C1=CCC=C1)N(CC)CC. The minimum atomic E-state index is -1.04. The third-order valence-electron chi connectivity index (χ3n) is 3.01. The van der Waals surface area contributed by atoms with E-state index in [0.29, 0.717) is 0 Å². The van der Waals surface area contributed by atoms with Crippen molar-refractivity contribution in [2.75, 3.05) is 13.1 Å². The number of hydrogen-bond acceptors (Lipinski definition) is 1. The van der Waals surface area contributed by atoms with Gasteiger partial charge in [0, 0.05) is 13.1 Å². The van der Waals surface area contributed by atoms with E-state index >= 15 is 0 Å². The molecule has 0 aromatic heterocycles. The van der Waals surface area contributed by atoms with Gasteiger partial charge in [-0.05, 0) is 58.3 Å². The van der Waals surface area contributed by atoms with Gasteiger partial charge < -0.3 is 0 Å². The smallest absolute Gasteiger partial charge is 0.156 e. The van der Waals surface area contributed by atoms with Gasteiger partial charge in [0.05, 0.1) is 10.6 Å². The van der Waals surface area contributed by atoms with Crippen LogP contribution in [0.15, 0.2) is 47.1 Å². The van der Waals surface area contributed by atoms with Crippen LogP contribution in [0.5, 0.6) is 0 Å². The Labute approximate surface area is 107 Å². The van der Waals surface area contributed by atoms with Gasteiger partial charge >= 0.3 is 0 Å². The van der Waals surface area contributed by atoms with Crippen molar-refractivity contribution >= 4 is 14.9 Å². The van der Waals surface area contributed by atoms with Crippen LogP contribution in [0.4, 0.5) is 0 Å². The van der Waals surface area contributed by atoms with Gasteiger partial charge in [-0.1, -0.05) is 12.2 Å². The maximum Gasteiger partial charge on any atom is 0.156 e. The van der Waals surface area contributed by atoms with E-state index in [2.05, 4.69) is 55.0 Å². The third-order valence-corrected chi connectivity index (χ3v) is 5.78. The Hall–Kier alpha value is -0.585. The van der Waals surface area contributed by atoms with Gasteiger partial charge in [0.1, 0.15) is 0 Å². The quantitative estimate of drug-likeness (QED) is 0.532. The molecule has 0 aliphatic heterocycles. The molecule has 1 nitrogen and oxygen atoms in total. The van der Waals surface area contributed by atoms with Crippen LogP contribution >= 0.6 is 7.29 Å². The fourth-order valence-electron chi connectivity index (χ4n) is 2.19. The molecule has 17 heavy (non-hydrogen) atoms. The lowest BCUT2D eigenvalue weighted by molar-refractivity contribution is 0.508. The predicted octanol–water partition coefficient (Wildman–Crippen LogP) is 3.23. The maximum atomic E-state index is 2.77. The maximum absolute atomic E-state index is 2.77. The second-order valence-electron chi connectivity index (χ2n) is 3.98. The number of rotatable bonds is 5. The van der Waals surface area contributed by atoms with Crippen LogP contribution in [0, 0.1) is 0 Å². The van der Waals surface area contributed by atoms with Gasteiger partial charge in [0.15, 0.2) is 7.57 Å². The molecule has 0 atom stereocenters. The summed E-state index contributed by atoms with van der Waals surface area (Å²) in [6, 6.07) is 0. The van der Waals surface area contributed by atoms with Crippen LogP contribution in [-0.2, 0) is 0 Å². The molecule has 2 aliphatic carbocycles. The minimum absolute atomic E-state index is 0.277. The van der Waals surface area contributed by atoms with Crippen molar-refractivity contribution in [3.63, 3.8) is 0 Å². The molecule has 3 heteroatoms. The Kier molecular flexibility index (Phi) is 4.07. The molecule has 0 saturated heterocycles. The molecule has 0 bridgehead atoms. The molecule has 0 N–H and O–H groups in total. The van der Waals surface area contributed by atoms with Gasteiger partial charge in [0.25, 0.3) is 0 Å². The van der Waals surface area contributed by atoms with Gasteiger partial charge in [-0.25, -0.2) is 4.67 Å². The van der Waals surface area contributed by atoms with Crippen LogP contribution < -0.4 is 0 Å². The van der Waals surface area contributed by atoms with Crippen LogP contribution in [-0.4, -0.2) is 25.3 Å². The lowest BCUT2D eigenvalue weighted by Gasteiger charge is -2.39. The molecule has 92 valence electrons. The molecule has 0 saturated carbocycles. The van der Waals surface area contributed by atoms with Crippen molar-refractivity contribution in [3.05, 3.63) is 47.1 Å². The summed E-state index contributed by atoms with van der Waals surface area (Å²) in [5.41, 5.74) is 0. The summed E-state index contributed by atoms with van der Waals surface area (Å²) in [5.74, 6) is 0. The van der Waals surface area contributed by atoms with E-state index in [1.807, 2.05) is 0 Å². The van der Waals surface area contributed by atoms with E-state index in [0.717, 1.165) is 12.8 Å². The molecule has 0 radical (unpaired) electrons. The summed E-state index contributed by atoms with van der Waals surface area (Å²) in [7, 11) is -0.766. The monoisotopic (exact) mass is 247 g/mol. The van der Waals surface area contributed by atoms with Gasteiger partial charge in [-0.3, -0.25) is 0 Å². The van der Waals surface area contributed by atoms with E-state index in [9.17, 15) is 0 Å². The standard InChI is InChI=1S/C14H23BNP/c1-3-16(4-2)17(15,13-9-5-6-10-13)14-11-7-8-12-14/h5,7,9-12H,3-4,6,8H2,1-2,15H3. The molecule has 2 aliphatic rings. The third kappa shape index (κ3) is 2.21. The average Bonchev–Trinajstić information content (AvgIpc) is 3.04. The summed E-state index contributed by atoms with van der Waals surface area (Å²) in [6.07, 6.45) is 16.7. The molecule has 0 amide bonds. The molecule has 0 aromatic carbocycles. The zero-order valence-electron chi connectivity index (χ0n) is 10.2. The highest BCUT2D eigenvalue weighted by atomic mass is 31.2. The fraction of sp³-hybridized carbons (Fsp3) is 0.429. The van der Waals surface area contributed by atoms with Crippen molar-refractivity contribution in [3.8, 4) is 0 Å². The summed E-state index contributed by atoms with van der Waals surface area (Å²) in [5, 5.41) is 3.36. The second-order valence-corrected chi connectivity index (χ2v) is 6.21. The Balaban J connectivity index is 2.41. The Morgan fingerprint density at radius 2 is 1.53 bits per heavy atom. The Morgan fingerprint density at radius 3 is 1.82 bits per heavy atom. The highest BCUT2D eigenvalue weighted by Crippen LogP contribution is 2.72. The summed E-state index contributed by atoms with van der Waals surface area (Å²) >= 11 is 0. The Bertz CT molecular complexity index is 372. The largest absolute Gasteiger partial charge is 0.215 e. The van der Waals surface area contributed by atoms with E-state index < -0.39 is 7.29 Å². The van der Waals surface area contributed by atoms with E-state index in [1.54, 1.807) is 10.6 Å².